The third-order valence-electron chi connectivity index (χ3n) is 4.95. The van der Waals surface area contributed by atoms with Gasteiger partial charge in [-0.1, -0.05) is 30.3 Å². The van der Waals surface area contributed by atoms with E-state index in [1.165, 1.54) is 0 Å². The zero-order valence-corrected chi connectivity index (χ0v) is 17.4. The summed E-state index contributed by atoms with van der Waals surface area (Å²) in [5.74, 6) is 3.49. The highest BCUT2D eigenvalue weighted by Crippen LogP contribution is 2.45. The molecule has 0 atom stereocenters. The highest BCUT2D eigenvalue weighted by molar-refractivity contribution is 5.58. The van der Waals surface area contributed by atoms with Crippen LogP contribution in [0, 0.1) is 0 Å². The van der Waals surface area contributed by atoms with Crippen LogP contribution >= 0.6 is 0 Å². The fourth-order valence-corrected chi connectivity index (χ4v) is 3.52. The van der Waals surface area contributed by atoms with Crippen LogP contribution in [0.5, 0.6) is 28.7 Å². The first kappa shape index (κ1) is 20.4. The molecule has 0 amide bonds. The number of ether oxygens (including phenoxy) is 5. The fourth-order valence-electron chi connectivity index (χ4n) is 3.52. The number of para-hydroxylation sites is 1. The van der Waals surface area contributed by atoms with Gasteiger partial charge in [-0.25, -0.2) is 0 Å². The van der Waals surface area contributed by atoms with E-state index in [4.69, 9.17) is 23.7 Å². The molecular weight excluding hydrogens is 368 g/mol. The predicted molar refractivity (Wildman–Crippen MR) is 113 cm³/mol. The van der Waals surface area contributed by atoms with Crippen molar-refractivity contribution in [2.75, 3.05) is 35.5 Å². The maximum atomic E-state index is 5.72. The van der Waals surface area contributed by atoms with Crippen LogP contribution in [-0.2, 0) is 0 Å². The van der Waals surface area contributed by atoms with E-state index in [2.05, 4.69) is 6.07 Å². The molecule has 0 radical (unpaired) electrons. The number of methoxy groups -OCH3 is 5. The van der Waals surface area contributed by atoms with Gasteiger partial charge in [0.15, 0.2) is 0 Å². The molecule has 5 heteroatoms. The monoisotopic (exact) mass is 394 g/mol. The van der Waals surface area contributed by atoms with Crippen LogP contribution in [0.2, 0.25) is 0 Å². The van der Waals surface area contributed by atoms with E-state index < -0.39 is 0 Å². The molecule has 29 heavy (non-hydrogen) atoms. The lowest BCUT2D eigenvalue weighted by Gasteiger charge is -2.25. The molecule has 3 rings (SSSR count). The van der Waals surface area contributed by atoms with Crippen molar-refractivity contribution < 1.29 is 23.7 Å². The van der Waals surface area contributed by atoms with Crippen molar-refractivity contribution in [3.05, 3.63) is 77.4 Å². The smallest absolute Gasteiger partial charge is 0.126 e. The van der Waals surface area contributed by atoms with Gasteiger partial charge in [0.25, 0.3) is 0 Å². The van der Waals surface area contributed by atoms with E-state index in [1.807, 2.05) is 54.6 Å². The number of hydrogen-bond acceptors (Lipinski definition) is 5. The lowest BCUT2D eigenvalue weighted by Crippen LogP contribution is -2.09. The van der Waals surface area contributed by atoms with E-state index in [0.29, 0.717) is 0 Å². The van der Waals surface area contributed by atoms with Gasteiger partial charge in [0.2, 0.25) is 0 Å². The van der Waals surface area contributed by atoms with Crippen LogP contribution in [0.15, 0.2) is 60.7 Å². The average Bonchev–Trinajstić information content (AvgIpc) is 2.79. The molecule has 3 aromatic carbocycles. The number of benzene rings is 3. The van der Waals surface area contributed by atoms with Crippen LogP contribution in [0.1, 0.15) is 22.6 Å². The SMILES string of the molecule is COc1ccc(C(c2ccccc2OC)c2ccc(OC)cc2OC)c(OC)c1. The Balaban J connectivity index is 2.30. The van der Waals surface area contributed by atoms with E-state index in [1.54, 1.807) is 35.5 Å². The van der Waals surface area contributed by atoms with Gasteiger partial charge in [-0.05, 0) is 18.2 Å². The molecule has 0 N–H and O–H groups in total. The average molecular weight is 394 g/mol. The normalized spacial score (nSPS) is 10.6. The van der Waals surface area contributed by atoms with Crippen molar-refractivity contribution >= 4 is 0 Å². The van der Waals surface area contributed by atoms with Crippen LogP contribution in [-0.4, -0.2) is 35.5 Å². The Kier molecular flexibility index (Phi) is 6.50. The Morgan fingerprint density at radius 1 is 0.483 bits per heavy atom. The highest BCUT2D eigenvalue weighted by atomic mass is 16.5. The summed E-state index contributed by atoms with van der Waals surface area (Å²) in [7, 11) is 8.26. The first-order valence-electron chi connectivity index (χ1n) is 9.23. The quantitative estimate of drug-likeness (QED) is 0.508. The van der Waals surface area contributed by atoms with Crippen LogP contribution in [0.25, 0.3) is 0 Å². The van der Waals surface area contributed by atoms with Gasteiger partial charge in [-0.15, -0.1) is 0 Å². The molecule has 0 fully saturated rings. The molecule has 0 aliphatic rings. The first-order chi connectivity index (χ1) is 14.2. The summed E-state index contributed by atoms with van der Waals surface area (Å²) in [6.45, 7) is 0. The summed E-state index contributed by atoms with van der Waals surface area (Å²) in [4.78, 5) is 0. The van der Waals surface area contributed by atoms with Crippen molar-refractivity contribution in [3.63, 3.8) is 0 Å². The Morgan fingerprint density at radius 3 is 1.38 bits per heavy atom. The van der Waals surface area contributed by atoms with Gasteiger partial charge in [0, 0.05) is 34.7 Å². The summed E-state index contributed by atoms with van der Waals surface area (Å²) >= 11 is 0. The van der Waals surface area contributed by atoms with Gasteiger partial charge in [0.05, 0.1) is 35.5 Å². The molecule has 0 unspecified atom stereocenters. The lowest BCUT2D eigenvalue weighted by atomic mass is 9.83. The van der Waals surface area contributed by atoms with E-state index >= 15 is 0 Å². The number of hydrogen-bond donors (Lipinski definition) is 0. The molecule has 0 spiro atoms. The summed E-state index contributed by atoms with van der Waals surface area (Å²) in [6.07, 6.45) is 0. The van der Waals surface area contributed by atoms with Crippen molar-refractivity contribution in [1.29, 1.82) is 0 Å². The Hall–Kier alpha value is -3.34. The minimum absolute atomic E-state index is 0.187. The molecule has 0 saturated heterocycles. The molecule has 0 bridgehead atoms. The first-order valence-corrected chi connectivity index (χ1v) is 9.23. The summed E-state index contributed by atoms with van der Waals surface area (Å²) < 4.78 is 27.9. The van der Waals surface area contributed by atoms with Crippen molar-refractivity contribution in [3.8, 4) is 28.7 Å². The van der Waals surface area contributed by atoms with Crippen LogP contribution < -0.4 is 23.7 Å². The van der Waals surface area contributed by atoms with E-state index in [9.17, 15) is 0 Å². The van der Waals surface area contributed by atoms with Gasteiger partial charge in [0.1, 0.15) is 28.7 Å². The largest absolute Gasteiger partial charge is 0.497 e. The zero-order chi connectivity index (χ0) is 20.8. The van der Waals surface area contributed by atoms with Gasteiger partial charge in [-0.2, -0.15) is 0 Å². The second-order valence-electron chi connectivity index (χ2n) is 6.39. The molecule has 0 aliphatic heterocycles. The molecule has 3 aromatic rings. The summed E-state index contributed by atoms with van der Waals surface area (Å²) in [5.41, 5.74) is 2.95. The minimum atomic E-state index is -0.187. The van der Waals surface area contributed by atoms with Gasteiger partial charge in [-0.3, -0.25) is 0 Å². The zero-order valence-electron chi connectivity index (χ0n) is 17.4. The van der Waals surface area contributed by atoms with Crippen molar-refractivity contribution in [2.24, 2.45) is 0 Å². The third kappa shape index (κ3) is 4.09. The van der Waals surface area contributed by atoms with E-state index in [0.717, 1.165) is 45.4 Å². The molecule has 0 aliphatic carbocycles. The maximum absolute atomic E-state index is 5.72. The molecule has 0 heterocycles. The summed E-state index contributed by atoms with van der Waals surface area (Å²) in [5, 5.41) is 0. The lowest BCUT2D eigenvalue weighted by molar-refractivity contribution is 0.384. The van der Waals surface area contributed by atoms with Gasteiger partial charge < -0.3 is 23.7 Å². The Labute approximate surface area is 171 Å². The van der Waals surface area contributed by atoms with E-state index in [-0.39, 0.29) is 5.92 Å². The standard InChI is InChI=1S/C24H26O5/c1-25-16-10-12-19(22(14-16)28-4)24(18-8-6-7-9-21(18)27-3)20-13-11-17(26-2)15-23(20)29-5/h6-15,24H,1-5H3. The highest BCUT2D eigenvalue weighted by Gasteiger charge is 2.27. The van der Waals surface area contributed by atoms with Crippen LogP contribution in [0.4, 0.5) is 0 Å². The predicted octanol–water partition coefficient (Wildman–Crippen LogP) is 4.91. The topological polar surface area (TPSA) is 46.2 Å². The Morgan fingerprint density at radius 2 is 0.931 bits per heavy atom. The van der Waals surface area contributed by atoms with Crippen molar-refractivity contribution in [1.82, 2.24) is 0 Å². The van der Waals surface area contributed by atoms with Crippen LogP contribution in [0.3, 0.4) is 0 Å². The molecule has 0 aromatic heterocycles. The Bertz CT molecular complexity index is 912. The number of rotatable bonds is 8. The molecule has 152 valence electrons. The fraction of sp³-hybridized carbons (Fsp3) is 0.250. The van der Waals surface area contributed by atoms with Crippen molar-refractivity contribution in [2.45, 2.75) is 5.92 Å². The minimum Gasteiger partial charge on any atom is -0.497 e. The second-order valence-corrected chi connectivity index (χ2v) is 6.39. The summed E-state index contributed by atoms with van der Waals surface area (Å²) in [6, 6.07) is 19.6. The maximum Gasteiger partial charge on any atom is 0.126 e. The molecule has 0 saturated carbocycles. The molecular formula is C24H26O5. The van der Waals surface area contributed by atoms with Gasteiger partial charge >= 0.3 is 0 Å². The second kappa shape index (κ2) is 9.24. The molecule has 5 nitrogen and oxygen atoms in total. The third-order valence-corrected chi connectivity index (χ3v) is 4.95.